The Hall–Kier alpha value is -0.0500. The van der Waals surface area contributed by atoms with Gasteiger partial charge in [-0.2, -0.15) is 0 Å². The lowest BCUT2D eigenvalue weighted by atomic mass is 9.99. The lowest BCUT2D eigenvalue weighted by Crippen LogP contribution is -2.05. The molecule has 1 N–H and O–H groups in total. The van der Waals surface area contributed by atoms with Crippen LogP contribution < -0.4 is 0 Å². The Morgan fingerprint density at radius 1 is 1.38 bits per heavy atom. The van der Waals surface area contributed by atoms with Crippen LogP contribution in [0.4, 0.5) is 0 Å². The standard InChI is InChI=1S/C10H12BrClO/c1-6(2)10(13)8-4-3-7(12)5-9(8)11/h3-6,10,13H,1-2H3. The third kappa shape index (κ3) is 2.70. The molecule has 0 bridgehead atoms. The van der Waals surface area contributed by atoms with E-state index in [0.717, 1.165) is 10.0 Å². The second kappa shape index (κ2) is 4.45. The SMILES string of the molecule is CC(C)C(O)c1ccc(Cl)cc1Br. The molecule has 0 saturated heterocycles. The van der Waals surface area contributed by atoms with E-state index in [-0.39, 0.29) is 5.92 Å². The molecule has 1 unspecified atom stereocenters. The number of hydrogen-bond acceptors (Lipinski definition) is 1. The molecule has 1 aromatic rings. The minimum Gasteiger partial charge on any atom is -0.388 e. The fourth-order valence-corrected chi connectivity index (χ4v) is 2.02. The zero-order chi connectivity index (χ0) is 10.0. The van der Waals surface area contributed by atoms with Crippen molar-refractivity contribution < 1.29 is 5.11 Å². The van der Waals surface area contributed by atoms with Gasteiger partial charge in [0.2, 0.25) is 0 Å². The number of benzene rings is 1. The molecule has 0 aromatic heterocycles. The van der Waals surface area contributed by atoms with E-state index in [0.29, 0.717) is 5.02 Å². The van der Waals surface area contributed by atoms with E-state index in [4.69, 9.17) is 11.6 Å². The molecule has 3 heteroatoms. The fraction of sp³-hybridized carbons (Fsp3) is 0.400. The molecule has 1 aromatic carbocycles. The average molecular weight is 264 g/mol. The molecule has 1 nitrogen and oxygen atoms in total. The highest BCUT2D eigenvalue weighted by molar-refractivity contribution is 9.10. The van der Waals surface area contributed by atoms with Crippen molar-refractivity contribution in [2.45, 2.75) is 20.0 Å². The molecule has 72 valence electrons. The third-order valence-corrected chi connectivity index (χ3v) is 2.83. The summed E-state index contributed by atoms with van der Waals surface area (Å²) in [7, 11) is 0. The molecule has 13 heavy (non-hydrogen) atoms. The Morgan fingerprint density at radius 2 is 2.00 bits per heavy atom. The summed E-state index contributed by atoms with van der Waals surface area (Å²) in [6.45, 7) is 3.96. The molecule has 0 fully saturated rings. The molecule has 1 rings (SSSR count). The van der Waals surface area contributed by atoms with Crippen LogP contribution in [0.25, 0.3) is 0 Å². The van der Waals surface area contributed by atoms with Gasteiger partial charge < -0.3 is 5.11 Å². The first-order chi connectivity index (χ1) is 6.02. The summed E-state index contributed by atoms with van der Waals surface area (Å²) in [6, 6.07) is 5.42. The highest BCUT2D eigenvalue weighted by Gasteiger charge is 2.14. The number of hydrogen-bond donors (Lipinski definition) is 1. The van der Waals surface area contributed by atoms with E-state index < -0.39 is 6.10 Å². The average Bonchev–Trinajstić information content (AvgIpc) is 2.03. The zero-order valence-electron chi connectivity index (χ0n) is 7.59. The first-order valence-electron chi connectivity index (χ1n) is 4.15. The van der Waals surface area contributed by atoms with Crippen LogP contribution >= 0.6 is 27.5 Å². The number of aliphatic hydroxyl groups is 1. The quantitative estimate of drug-likeness (QED) is 0.861. The second-order valence-corrected chi connectivity index (χ2v) is 4.65. The second-order valence-electron chi connectivity index (χ2n) is 3.35. The van der Waals surface area contributed by atoms with Crippen molar-refractivity contribution in [3.05, 3.63) is 33.3 Å². The van der Waals surface area contributed by atoms with E-state index in [1.165, 1.54) is 0 Å². The van der Waals surface area contributed by atoms with Crippen LogP contribution in [0.5, 0.6) is 0 Å². The van der Waals surface area contributed by atoms with Crippen molar-refractivity contribution in [1.82, 2.24) is 0 Å². The lowest BCUT2D eigenvalue weighted by Gasteiger charge is -2.16. The third-order valence-electron chi connectivity index (χ3n) is 1.91. The highest BCUT2D eigenvalue weighted by Crippen LogP contribution is 2.30. The summed E-state index contributed by atoms with van der Waals surface area (Å²) in [6.07, 6.45) is -0.438. The van der Waals surface area contributed by atoms with Crippen molar-refractivity contribution in [3.8, 4) is 0 Å². The number of aliphatic hydroxyl groups excluding tert-OH is 1. The summed E-state index contributed by atoms with van der Waals surface area (Å²) < 4.78 is 0.862. The molecular weight excluding hydrogens is 251 g/mol. The molecule has 0 amide bonds. The summed E-state index contributed by atoms with van der Waals surface area (Å²) >= 11 is 9.16. The Labute approximate surface area is 91.9 Å². The van der Waals surface area contributed by atoms with Gasteiger partial charge in [0.05, 0.1) is 6.10 Å². The topological polar surface area (TPSA) is 20.2 Å². The fourth-order valence-electron chi connectivity index (χ4n) is 1.10. The van der Waals surface area contributed by atoms with Crippen LogP contribution in [0.3, 0.4) is 0 Å². The van der Waals surface area contributed by atoms with Gasteiger partial charge in [-0.05, 0) is 23.6 Å². The largest absolute Gasteiger partial charge is 0.388 e. The molecule has 0 aliphatic carbocycles. The molecule has 0 aliphatic heterocycles. The van der Waals surface area contributed by atoms with Gasteiger partial charge in [0.15, 0.2) is 0 Å². The molecule has 0 aliphatic rings. The van der Waals surface area contributed by atoms with Crippen LogP contribution in [-0.2, 0) is 0 Å². The van der Waals surface area contributed by atoms with E-state index in [1.807, 2.05) is 19.9 Å². The molecular formula is C10H12BrClO. The zero-order valence-corrected chi connectivity index (χ0v) is 9.93. The maximum absolute atomic E-state index is 9.80. The predicted molar refractivity (Wildman–Crippen MR) is 58.9 cm³/mol. The molecule has 0 radical (unpaired) electrons. The van der Waals surface area contributed by atoms with E-state index in [1.54, 1.807) is 12.1 Å². The van der Waals surface area contributed by atoms with Gasteiger partial charge >= 0.3 is 0 Å². The molecule has 0 heterocycles. The van der Waals surface area contributed by atoms with Crippen molar-refractivity contribution in [3.63, 3.8) is 0 Å². The van der Waals surface area contributed by atoms with Crippen LogP contribution in [0.15, 0.2) is 22.7 Å². The molecule has 1 atom stereocenters. The molecule has 0 saturated carbocycles. The van der Waals surface area contributed by atoms with Gasteiger partial charge in [0.25, 0.3) is 0 Å². The van der Waals surface area contributed by atoms with Crippen LogP contribution in [0.1, 0.15) is 25.5 Å². The van der Waals surface area contributed by atoms with Gasteiger partial charge in [0, 0.05) is 9.50 Å². The van der Waals surface area contributed by atoms with Gasteiger partial charge in [-0.3, -0.25) is 0 Å². The van der Waals surface area contributed by atoms with Crippen molar-refractivity contribution in [2.24, 2.45) is 5.92 Å². The van der Waals surface area contributed by atoms with Gasteiger partial charge in [0.1, 0.15) is 0 Å². The summed E-state index contributed by atoms with van der Waals surface area (Å²) in [5, 5.41) is 10.5. The summed E-state index contributed by atoms with van der Waals surface area (Å²) in [5.74, 6) is 0.206. The normalized spacial score (nSPS) is 13.4. The maximum atomic E-state index is 9.80. The highest BCUT2D eigenvalue weighted by atomic mass is 79.9. The van der Waals surface area contributed by atoms with E-state index in [9.17, 15) is 5.11 Å². The minimum atomic E-state index is -0.438. The first kappa shape index (κ1) is 11.0. The van der Waals surface area contributed by atoms with Crippen molar-refractivity contribution in [1.29, 1.82) is 0 Å². The van der Waals surface area contributed by atoms with Crippen LogP contribution in [0, 0.1) is 5.92 Å². The van der Waals surface area contributed by atoms with Gasteiger partial charge in [-0.25, -0.2) is 0 Å². The maximum Gasteiger partial charge on any atom is 0.0823 e. The number of halogens is 2. The predicted octanol–water partition coefficient (Wildman–Crippen LogP) is 3.79. The Kier molecular flexibility index (Phi) is 3.77. The monoisotopic (exact) mass is 262 g/mol. The minimum absolute atomic E-state index is 0.206. The summed E-state index contributed by atoms with van der Waals surface area (Å²) in [4.78, 5) is 0. The lowest BCUT2D eigenvalue weighted by molar-refractivity contribution is 0.126. The van der Waals surface area contributed by atoms with Gasteiger partial charge in [-0.15, -0.1) is 0 Å². The Balaban J connectivity index is 3.01. The Morgan fingerprint density at radius 3 is 2.46 bits per heavy atom. The summed E-state index contributed by atoms with van der Waals surface area (Å²) in [5.41, 5.74) is 0.888. The smallest absolute Gasteiger partial charge is 0.0823 e. The number of rotatable bonds is 2. The Bertz CT molecular complexity index is 299. The van der Waals surface area contributed by atoms with Crippen LogP contribution in [0.2, 0.25) is 5.02 Å². The van der Waals surface area contributed by atoms with E-state index in [2.05, 4.69) is 15.9 Å². The van der Waals surface area contributed by atoms with Crippen molar-refractivity contribution in [2.75, 3.05) is 0 Å². The first-order valence-corrected chi connectivity index (χ1v) is 5.32. The van der Waals surface area contributed by atoms with Crippen LogP contribution in [-0.4, -0.2) is 5.11 Å². The van der Waals surface area contributed by atoms with Crippen molar-refractivity contribution >= 4 is 27.5 Å². The molecule has 0 spiro atoms. The van der Waals surface area contributed by atoms with Gasteiger partial charge in [-0.1, -0.05) is 47.4 Å². The van der Waals surface area contributed by atoms with E-state index >= 15 is 0 Å².